The molecule has 4 heteroatoms. The predicted octanol–water partition coefficient (Wildman–Crippen LogP) is 4.08. The van der Waals surface area contributed by atoms with Crippen LogP contribution in [0.3, 0.4) is 0 Å². The topological polar surface area (TPSA) is 59.7 Å². The molecule has 1 aromatic carbocycles. The molecule has 0 spiro atoms. The molecule has 108 valence electrons. The third kappa shape index (κ3) is 3.20. The van der Waals surface area contributed by atoms with Crippen molar-refractivity contribution in [3.05, 3.63) is 35.6 Å². The van der Waals surface area contributed by atoms with E-state index in [1.807, 2.05) is 18.2 Å². The zero-order valence-corrected chi connectivity index (χ0v) is 11.9. The number of para-hydroxylation sites is 1. The Morgan fingerprint density at radius 3 is 2.85 bits per heavy atom. The monoisotopic (exact) mass is 276 g/mol. The largest absolute Gasteiger partial charge is 0.475 e. The van der Waals surface area contributed by atoms with Gasteiger partial charge in [0.2, 0.25) is 5.76 Å². The first-order chi connectivity index (χ1) is 9.63. The van der Waals surface area contributed by atoms with Crippen molar-refractivity contribution in [2.75, 3.05) is 6.61 Å². The van der Waals surface area contributed by atoms with Gasteiger partial charge in [-0.2, -0.15) is 0 Å². The van der Waals surface area contributed by atoms with Crippen molar-refractivity contribution in [2.45, 2.75) is 33.3 Å². The van der Waals surface area contributed by atoms with Crippen LogP contribution in [0.4, 0.5) is 0 Å². The molecule has 0 amide bonds. The minimum absolute atomic E-state index is 0.0191. The van der Waals surface area contributed by atoms with Crippen LogP contribution in [0.15, 0.2) is 28.7 Å². The summed E-state index contributed by atoms with van der Waals surface area (Å²) in [5.74, 6) is -0.595. The van der Waals surface area contributed by atoms with Crippen molar-refractivity contribution in [1.82, 2.24) is 0 Å². The van der Waals surface area contributed by atoms with Gasteiger partial charge in [-0.15, -0.1) is 0 Å². The van der Waals surface area contributed by atoms with Crippen LogP contribution in [0.2, 0.25) is 0 Å². The van der Waals surface area contributed by atoms with Gasteiger partial charge in [0.25, 0.3) is 0 Å². The van der Waals surface area contributed by atoms with Gasteiger partial charge in [0.15, 0.2) is 0 Å². The summed E-state index contributed by atoms with van der Waals surface area (Å²) < 4.78 is 11.1. The molecule has 20 heavy (non-hydrogen) atoms. The molecule has 1 heterocycles. The Hall–Kier alpha value is -1.81. The van der Waals surface area contributed by atoms with Gasteiger partial charge in [-0.05, 0) is 18.4 Å². The van der Waals surface area contributed by atoms with Gasteiger partial charge in [-0.1, -0.05) is 38.5 Å². The molecule has 4 nitrogen and oxygen atoms in total. The van der Waals surface area contributed by atoms with Crippen LogP contribution in [0.5, 0.6) is 0 Å². The first-order valence-corrected chi connectivity index (χ1v) is 6.95. The van der Waals surface area contributed by atoms with Gasteiger partial charge < -0.3 is 14.3 Å². The second kappa shape index (κ2) is 6.57. The lowest BCUT2D eigenvalue weighted by molar-refractivity contribution is 0.0642. The van der Waals surface area contributed by atoms with Crippen LogP contribution in [-0.4, -0.2) is 17.7 Å². The summed E-state index contributed by atoms with van der Waals surface area (Å²) in [7, 11) is 0. The smallest absolute Gasteiger partial charge is 0.372 e. The summed E-state index contributed by atoms with van der Waals surface area (Å²) in [6.07, 6.45) is 2.23. The summed E-state index contributed by atoms with van der Waals surface area (Å²) >= 11 is 0. The van der Waals surface area contributed by atoms with E-state index in [9.17, 15) is 9.90 Å². The van der Waals surface area contributed by atoms with Crippen molar-refractivity contribution >= 4 is 16.9 Å². The second-order valence-corrected chi connectivity index (χ2v) is 5.12. The molecule has 2 aromatic rings. The average Bonchev–Trinajstić information content (AvgIpc) is 2.78. The molecule has 1 unspecified atom stereocenters. The Labute approximate surface area is 118 Å². The number of carboxylic acids is 1. The highest BCUT2D eigenvalue weighted by Crippen LogP contribution is 2.26. The molecule has 1 aromatic heterocycles. The number of hydrogen-bond donors (Lipinski definition) is 1. The van der Waals surface area contributed by atoms with Crippen molar-refractivity contribution in [3.63, 3.8) is 0 Å². The maximum absolute atomic E-state index is 11.2. The fourth-order valence-electron chi connectivity index (χ4n) is 2.35. The zero-order chi connectivity index (χ0) is 14.5. The molecular formula is C16H20O4. The maximum Gasteiger partial charge on any atom is 0.372 e. The molecule has 1 N–H and O–H groups in total. The van der Waals surface area contributed by atoms with Crippen molar-refractivity contribution in [3.8, 4) is 0 Å². The number of carbonyl (C=O) groups is 1. The molecular weight excluding hydrogens is 256 g/mol. The SMILES string of the molecule is CCCC(C)COCc1c(C(=O)O)oc2ccccc12. The number of hydrogen-bond acceptors (Lipinski definition) is 3. The summed E-state index contributed by atoms with van der Waals surface area (Å²) in [5, 5.41) is 10.0. The van der Waals surface area contributed by atoms with E-state index in [-0.39, 0.29) is 12.4 Å². The highest BCUT2D eigenvalue weighted by molar-refractivity contribution is 5.94. The Kier molecular flexibility index (Phi) is 4.79. The van der Waals surface area contributed by atoms with E-state index in [0.717, 1.165) is 18.2 Å². The molecule has 0 bridgehead atoms. The third-order valence-corrected chi connectivity index (χ3v) is 3.32. The van der Waals surface area contributed by atoms with Gasteiger partial charge in [0.05, 0.1) is 6.61 Å². The molecule has 1 atom stereocenters. The van der Waals surface area contributed by atoms with Crippen molar-refractivity contribution < 1.29 is 19.1 Å². The Morgan fingerprint density at radius 2 is 2.15 bits per heavy atom. The lowest BCUT2D eigenvalue weighted by atomic mass is 10.1. The zero-order valence-electron chi connectivity index (χ0n) is 11.9. The Morgan fingerprint density at radius 1 is 1.40 bits per heavy atom. The average molecular weight is 276 g/mol. The summed E-state index contributed by atoms with van der Waals surface area (Å²) in [6.45, 7) is 5.18. The highest BCUT2D eigenvalue weighted by Gasteiger charge is 2.19. The Bertz CT molecular complexity index is 585. The number of rotatable bonds is 7. The molecule has 0 saturated heterocycles. The van der Waals surface area contributed by atoms with Crippen LogP contribution >= 0.6 is 0 Å². The fraction of sp³-hybridized carbons (Fsp3) is 0.438. The standard InChI is InChI=1S/C16H20O4/c1-3-6-11(2)9-19-10-13-12-7-4-5-8-14(12)20-15(13)16(17)18/h4-5,7-8,11H,3,6,9-10H2,1-2H3,(H,17,18). The summed E-state index contributed by atoms with van der Waals surface area (Å²) in [5.41, 5.74) is 1.21. The van der Waals surface area contributed by atoms with Gasteiger partial charge in [-0.3, -0.25) is 0 Å². The van der Waals surface area contributed by atoms with Crippen LogP contribution in [0, 0.1) is 5.92 Å². The third-order valence-electron chi connectivity index (χ3n) is 3.32. The van der Waals surface area contributed by atoms with Gasteiger partial charge in [0, 0.05) is 17.6 Å². The van der Waals surface area contributed by atoms with Crippen molar-refractivity contribution in [2.24, 2.45) is 5.92 Å². The molecule has 0 aliphatic carbocycles. The van der Waals surface area contributed by atoms with E-state index in [2.05, 4.69) is 13.8 Å². The number of furan rings is 1. The first kappa shape index (κ1) is 14.6. The van der Waals surface area contributed by atoms with Crippen LogP contribution < -0.4 is 0 Å². The lowest BCUT2D eigenvalue weighted by Crippen LogP contribution is -2.07. The minimum atomic E-state index is -1.05. The lowest BCUT2D eigenvalue weighted by Gasteiger charge is -2.10. The van der Waals surface area contributed by atoms with E-state index in [1.54, 1.807) is 6.07 Å². The normalized spacial score (nSPS) is 12.7. The van der Waals surface area contributed by atoms with Crippen LogP contribution in [-0.2, 0) is 11.3 Å². The molecule has 2 rings (SSSR count). The van der Waals surface area contributed by atoms with Gasteiger partial charge in [0.1, 0.15) is 5.58 Å². The van der Waals surface area contributed by atoms with E-state index in [4.69, 9.17) is 9.15 Å². The first-order valence-electron chi connectivity index (χ1n) is 6.95. The second-order valence-electron chi connectivity index (χ2n) is 5.12. The number of benzene rings is 1. The quantitative estimate of drug-likeness (QED) is 0.827. The van der Waals surface area contributed by atoms with E-state index >= 15 is 0 Å². The number of ether oxygens (including phenoxy) is 1. The minimum Gasteiger partial charge on any atom is -0.475 e. The number of fused-ring (bicyclic) bond motifs is 1. The van der Waals surface area contributed by atoms with Gasteiger partial charge >= 0.3 is 5.97 Å². The molecule has 0 saturated carbocycles. The maximum atomic E-state index is 11.2. The predicted molar refractivity (Wildman–Crippen MR) is 76.9 cm³/mol. The molecule has 0 radical (unpaired) electrons. The van der Waals surface area contributed by atoms with Crippen LogP contribution in [0.25, 0.3) is 11.0 Å². The molecule has 0 aliphatic rings. The number of carboxylic acid groups (broad SMARTS) is 1. The molecule has 0 aliphatic heterocycles. The fourth-order valence-corrected chi connectivity index (χ4v) is 2.35. The number of aromatic carboxylic acids is 1. The van der Waals surface area contributed by atoms with Crippen molar-refractivity contribution in [1.29, 1.82) is 0 Å². The summed E-state index contributed by atoms with van der Waals surface area (Å²) in [6, 6.07) is 7.32. The highest BCUT2D eigenvalue weighted by atomic mass is 16.5. The van der Waals surface area contributed by atoms with E-state index in [0.29, 0.717) is 23.7 Å². The summed E-state index contributed by atoms with van der Waals surface area (Å²) in [4.78, 5) is 11.2. The molecule has 0 fully saturated rings. The Balaban J connectivity index is 2.15. The van der Waals surface area contributed by atoms with E-state index in [1.165, 1.54) is 0 Å². The van der Waals surface area contributed by atoms with Crippen LogP contribution in [0.1, 0.15) is 42.8 Å². The van der Waals surface area contributed by atoms with E-state index < -0.39 is 5.97 Å². The van der Waals surface area contributed by atoms with Gasteiger partial charge in [-0.25, -0.2) is 4.79 Å².